The van der Waals surface area contributed by atoms with Gasteiger partial charge >= 0.3 is 0 Å². The summed E-state index contributed by atoms with van der Waals surface area (Å²) >= 11 is 15.2. The smallest absolute Gasteiger partial charge is 0.105 e. The van der Waals surface area contributed by atoms with Crippen molar-refractivity contribution >= 4 is 39.1 Å². The molecule has 0 heterocycles. The Hall–Kier alpha value is -0.540. The van der Waals surface area contributed by atoms with Crippen LogP contribution in [-0.2, 0) is 0 Å². The van der Waals surface area contributed by atoms with Gasteiger partial charge in [-0.05, 0) is 35.9 Å². The topological polar surface area (TPSA) is 20.2 Å². The third-order valence-corrected chi connectivity index (χ3v) is 3.61. The minimum atomic E-state index is -0.748. The lowest BCUT2D eigenvalue weighted by molar-refractivity contribution is 0.219. The van der Waals surface area contributed by atoms with Crippen molar-refractivity contribution < 1.29 is 5.11 Å². The van der Waals surface area contributed by atoms with Crippen molar-refractivity contribution in [3.8, 4) is 0 Å². The molecule has 2 aromatic rings. The predicted octanol–water partition coefficient (Wildman–Crippen LogP) is 4.84. The van der Waals surface area contributed by atoms with Crippen molar-refractivity contribution in [2.75, 3.05) is 0 Å². The Morgan fingerprint density at radius 3 is 2.41 bits per heavy atom. The highest BCUT2D eigenvalue weighted by Gasteiger charge is 2.14. The van der Waals surface area contributed by atoms with Crippen molar-refractivity contribution in [1.82, 2.24) is 0 Å². The second kappa shape index (κ2) is 5.40. The summed E-state index contributed by atoms with van der Waals surface area (Å²) in [4.78, 5) is 0. The van der Waals surface area contributed by atoms with Crippen molar-refractivity contribution in [2.45, 2.75) is 6.10 Å². The standard InChI is InChI=1S/C13H9BrCl2O/c14-12-5-4-10(16)7-11(12)13(17)8-2-1-3-9(15)6-8/h1-7,13,17H. The fourth-order valence-corrected chi connectivity index (χ4v) is 2.42. The Morgan fingerprint density at radius 2 is 1.71 bits per heavy atom. The van der Waals surface area contributed by atoms with Crippen LogP contribution in [0.2, 0.25) is 10.0 Å². The van der Waals surface area contributed by atoms with Crippen LogP contribution in [0.3, 0.4) is 0 Å². The molecule has 88 valence electrons. The molecule has 0 radical (unpaired) electrons. The molecule has 1 N–H and O–H groups in total. The minimum absolute atomic E-state index is 0.587. The van der Waals surface area contributed by atoms with Crippen molar-refractivity contribution in [1.29, 1.82) is 0 Å². The van der Waals surface area contributed by atoms with E-state index in [-0.39, 0.29) is 0 Å². The first-order valence-corrected chi connectivity index (χ1v) is 6.51. The van der Waals surface area contributed by atoms with Crippen LogP contribution in [0.5, 0.6) is 0 Å². The minimum Gasteiger partial charge on any atom is -0.384 e. The van der Waals surface area contributed by atoms with Gasteiger partial charge in [0.05, 0.1) is 0 Å². The predicted molar refractivity (Wildman–Crippen MR) is 74.7 cm³/mol. The van der Waals surface area contributed by atoms with Crippen LogP contribution in [0.1, 0.15) is 17.2 Å². The first-order chi connectivity index (χ1) is 8.08. The van der Waals surface area contributed by atoms with Gasteiger partial charge in [-0.3, -0.25) is 0 Å². The normalized spacial score (nSPS) is 12.5. The van der Waals surface area contributed by atoms with Gasteiger partial charge < -0.3 is 5.11 Å². The summed E-state index contributed by atoms with van der Waals surface area (Å²) in [7, 11) is 0. The van der Waals surface area contributed by atoms with Crippen molar-refractivity contribution in [3.63, 3.8) is 0 Å². The molecule has 1 nitrogen and oxygen atoms in total. The number of halogens is 3. The number of aliphatic hydroxyl groups is 1. The summed E-state index contributed by atoms with van der Waals surface area (Å²) in [5.74, 6) is 0. The molecule has 0 fully saturated rings. The number of benzene rings is 2. The molecule has 0 aliphatic rings. The summed E-state index contributed by atoms with van der Waals surface area (Å²) in [6, 6.07) is 12.4. The number of hydrogen-bond donors (Lipinski definition) is 1. The van der Waals surface area contributed by atoms with Gasteiger partial charge in [0, 0.05) is 20.1 Å². The van der Waals surface area contributed by atoms with Gasteiger partial charge in [-0.15, -0.1) is 0 Å². The van der Waals surface area contributed by atoms with Gasteiger partial charge in [-0.2, -0.15) is 0 Å². The third-order valence-electron chi connectivity index (χ3n) is 2.42. The van der Waals surface area contributed by atoms with Crippen molar-refractivity contribution in [2.24, 2.45) is 0 Å². The van der Waals surface area contributed by atoms with Gasteiger partial charge in [0.2, 0.25) is 0 Å². The van der Waals surface area contributed by atoms with Gasteiger partial charge in [-0.25, -0.2) is 0 Å². The van der Waals surface area contributed by atoms with E-state index in [1.807, 2.05) is 12.1 Å². The fourth-order valence-electron chi connectivity index (χ4n) is 1.58. The average molecular weight is 332 g/mol. The molecule has 17 heavy (non-hydrogen) atoms. The highest BCUT2D eigenvalue weighted by molar-refractivity contribution is 9.10. The van der Waals surface area contributed by atoms with Crippen LogP contribution in [0, 0.1) is 0 Å². The maximum Gasteiger partial charge on any atom is 0.105 e. The molecule has 0 bridgehead atoms. The molecule has 1 unspecified atom stereocenters. The fraction of sp³-hybridized carbons (Fsp3) is 0.0769. The Kier molecular flexibility index (Phi) is 4.10. The van der Waals surface area contributed by atoms with E-state index in [2.05, 4.69) is 15.9 Å². The lowest BCUT2D eigenvalue weighted by atomic mass is 10.0. The van der Waals surface area contributed by atoms with E-state index in [0.717, 1.165) is 15.6 Å². The van der Waals surface area contributed by atoms with Gasteiger partial charge in [0.25, 0.3) is 0 Å². The van der Waals surface area contributed by atoms with Crippen molar-refractivity contribution in [3.05, 3.63) is 68.1 Å². The average Bonchev–Trinajstić information content (AvgIpc) is 2.31. The molecular formula is C13H9BrCl2O. The van der Waals surface area contributed by atoms with Crippen LogP contribution in [0.15, 0.2) is 46.9 Å². The maximum atomic E-state index is 10.3. The summed E-state index contributed by atoms with van der Waals surface area (Å²) in [5.41, 5.74) is 1.46. The highest BCUT2D eigenvalue weighted by Crippen LogP contribution is 2.31. The van der Waals surface area contributed by atoms with Crippen LogP contribution in [-0.4, -0.2) is 5.11 Å². The summed E-state index contributed by atoms with van der Waals surface area (Å²) in [5, 5.41) is 11.5. The number of aliphatic hydroxyl groups excluding tert-OH is 1. The van der Waals surface area contributed by atoms with Gasteiger partial charge in [0.1, 0.15) is 6.10 Å². The van der Waals surface area contributed by atoms with Gasteiger partial charge in [-0.1, -0.05) is 51.3 Å². The van der Waals surface area contributed by atoms with Crippen LogP contribution in [0.4, 0.5) is 0 Å². The molecule has 0 aromatic heterocycles. The van der Waals surface area contributed by atoms with E-state index in [1.54, 1.807) is 30.3 Å². The number of rotatable bonds is 2. The van der Waals surface area contributed by atoms with E-state index >= 15 is 0 Å². The molecule has 0 saturated carbocycles. The van der Waals surface area contributed by atoms with E-state index in [1.165, 1.54) is 0 Å². The molecule has 0 aliphatic carbocycles. The Morgan fingerprint density at radius 1 is 1.00 bits per heavy atom. The zero-order valence-electron chi connectivity index (χ0n) is 8.70. The molecule has 0 aliphatic heterocycles. The maximum absolute atomic E-state index is 10.3. The molecule has 0 amide bonds. The molecular weight excluding hydrogens is 323 g/mol. The lowest BCUT2D eigenvalue weighted by Gasteiger charge is -2.14. The molecule has 2 rings (SSSR count). The van der Waals surface area contributed by atoms with E-state index in [9.17, 15) is 5.11 Å². The molecule has 2 aromatic carbocycles. The van der Waals surface area contributed by atoms with Crippen LogP contribution >= 0.6 is 39.1 Å². The van der Waals surface area contributed by atoms with Gasteiger partial charge in [0.15, 0.2) is 0 Å². The second-order valence-corrected chi connectivity index (χ2v) is 5.35. The highest BCUT2D eigenvalue weighted by atomic mass is 79.9. The SMILES string of the molecule is OC(c1cccc(Cl)c1)c1cc(Cl)ccc1Br. The first-order valence-electron chi connectivity index (χ1n) is 4.96. The van der Waals surface area contributed by atoms with E-state index < -0.39 is 6.10 Å². The first kappa shape index (κ1) is 12.9. The zero-order valence-corrected chi connectivity index (χ0v) is 11.8. The van der Waals surface area contributed by atoms with E-state index in [0.29, 0.717) is 10.0 Å². The Labute approximate surface area is 118 Å². The Bertz CT molecular complexity index is 543. The van der Waals surface area contributed by atoms with Crippen LogP contribution < -0.4 is 0 Å². The zero-order chi connectivity index (χ0) is 12.4. The molecule has 4 heteroatoms. The van der Waals surface area contributed by atoms with Crippen LogP contribution in [0.25, 0.3) is 0 Å². The molecule has 0 saturated heterocycles. The summed E-state index contributed by atoms with van der Waals surface area (Å²) in [6.07, 6.45) is -0.748. The van der Waals surface area contributed by atoms with E-state index in [4.69, 9.17) is 23.2 Å². The summed E-state index contributed by atoms with van der Waals surface area (Å²) < 4.78 is 0.814. The molecule has 1 atom stereocenters. The second-order valence-electron chi connectivity index (χ2n) is 3.62. The Balaban J connectivity index is 2.43. The lowest BCUT2D eigenvalue weighted by Crippen LogP contribution is -2.00. The number of hydrogen-bond acceptors (Lipinski definition) is 1. The third kappa shape index (κ3) is 3.02. The quantitative estimate of drug-likeness (QED) is 0.835. The largest absolute Gasteiger partial charge is 0.384 e. The summed E-state index contributed by atoms with van der Waals surface area (Å²) in [6.45, 7) is 0. The molecule has 0 spiro atoms. The monoisotopic (exact) mass is 330 g/mol.